The Morgan fingerprint density at radius 2 is 1.71 bits per heavy atom. The molecule has 0 radical (unpaired) electrons. The molecule has 0 saturated carbocycles. The van der Waals surface area contributed by atoms with Crippen LogP contribution in [0.3, 0.4) is 0 Å². The van der Waals surface area contributed by atoms with Gasteiger partial charge in [-0.2, -0.15) is 0 Å². The quantitative estimate of drug-likeness (QED) is 0.682. The van der Waals surface area contributed by atoms with Gasteiger partial charge in [-0.15, -0.1) is 0 Å². The van der Waals surface area contributed by atoms with Gasteiger partial charge >= 0.3 is 6.16 Å². The van der Waals surface area contributed by atoms with E-state index >= 15 is 0 Å². The van der Waals surface area contributed by atoms with E-state index in [4.69, 9.17) is 9.47 Å². The Morgan fingerprint density at radius 3 is 2.38 bits per heavy atom. The van der Waals surface area contributed by atoms with Gasteiger partial charge in [-0.3, -0.25) is 4.79 Å². The van der Waals surface area contributed by atoms with Crippen molar-refractivity contribution in [3.8, 4) is 5.75 Å². The van der Waals surface area contributed by atoms with Crippen molar-refractivity contribution < 1.29 is 19.1 Å². The summed E-state index contributed by atoms with van der Waals surface area (Å²) in [5.41, 5.74) is 0.779. The van der Waals surface area contributed by atoms with Crippen molar-refractivity contribution >= 4 is 12.1 Å². The van der Waals surface area contributed by atoms with E-state index < -0.39 is 11.8 Å². The minimum absolute atomic E-state index is 0.242. The van der Waals surface area contributed by atoms with Crippen molar-refractivity contribution in [2.75, 3.05) is 0 Å². The smallest absolute Gasteiger partial charge is 0.428 e. The molecule has 2 rings (SSSR count). The van der Waals surface area contributed by atoms with Crippen LogP contribution in [0.25, 0.3) is 0 Å². The fourth-order valence-electron chi connectivity index (χ4n) is 1.95. The van der Waals surface area contributed by atoms with Gasteiger partial charge in [0.1, 0.15) is 11.4 Å². The van der Waals surface area contributed by atoms with E-state index in [1.54, 1.807) is 39.0 Å². The molecule has 0 bridgehead atoms. The maximum atomic E-state index is 12.2. The third-order valence-electron chi connectivity index (χ3n) is 2.98. The van der Waals surface area contributed by atoms with E-state index in [2.05, 4.69) is 5.32 Å². The molecule has 0 aromatic heterocycles. The molecule has 0 fully saturated rings. The molecule has 1 amide bonds. The molecule has 0 aliphatic carbocycles. The monoisotopic (exact) mass is 327 g/mol. The zero-order valence-corrected chi connectivity index (χ0v) is 14.0. The Balaban J connectivity index is 1.96. The standard InChI is InChI=1S/C19H21NO4/c1-19(2,3)24-18(22)23-16-11-7-10-15(12-16)17(21)20-13-14-8-5-4-6-9-14/h4-12H,13H2,1-3H3,(H,20,21). The number of nitrogens with one attached hydrogen (secondary N) is 1. The van der Waals surface area contributed by atoms with E-state index in [1.165, 1.54) is 6.07 Å². The summed E-state index contributed by atoms with van der Waals surface area (Å²) in [5.74, 6) is 0.0186. The molecule has 24 heavy (non-hydrogen) atoms. The highest BCUT2D eigenvalue weighted by Crippen LogP contribution is 2.16. The number of rotatable bonds is 4. The molecule has 0 aliphatic heterocycles. The van der Waals surface area contributed by atoms with Crippen LogP contribution in [0.2, 0.25) is 0 Å². The molecule has 5 nitrogen and oxygen atoms in total. The largest absolute Gasteiger partial charge is 0.514 e. The van der Waals surface area contributed by atoms with E-state index in [-0.39, 0.29) is 11.7 Å². The summed E-state index contributed by atoms with van der Waals surface area (Å²) in [6, 6.07) is 16.0. The van der Waals surface area contributed by atoms with E-state index in [9.17, 15) is 9.59 Å². The van der Waals surface area contributed by atoms with Crippen LogP contribution in [0, 0.1) is 0 Å². The van der Waals surface area contributed by atoms with Crippen molar-refractivity contribution in [1.29, 1.82) is 0 Å². The third-order valence-corrected chi connectivity index (χ3v) is 2.98. The Morgan fingerprint density at radius 1 is 1.00 bits per heavy atom. The summed E-state index contributed by atoms with van der Waals surface area (Å²) < 4.78 is 10.2. The van der Waals surface area contributed by atoms with Gasteiger partial charge in [-0.05, 0) is 44.5 Å². The fraction of sp³-hybridized carbons (Fsp3) is 0.263. The van der Waals surface area contributed by atoms with Crippen molar-refractivity contribution in [3.05, 3.63) is 65.7 Å². The minimum Gasteiger partial charge on any atom is -0.428 e. The summed E-state index contributed by atoms with van der Waals surface area (Å²) in [4.78, 5) is 23.9. The van der Waals surface area contributed by atoms with Gasteiger partial charge in [-0.1, -0.05) is 36.4 Å². The second kappa shape index (κ2) is 7.64. The lowest BCUT2D eigenvalue weighted by molar-refractivity contribution is 0.0206. The zero-order chi connectivity index (χ0) is 17.6. The Hall–Kier alpha value is -2.82. The van der Waals surface area contributed by atoms with Crippen LogP contribution in [0.5, 0.6) is 5.75 Å². The normalized spacial score (nSPS) is 10.8. The van der Waals surface area contributed by atoms with Crippen molar-refractivity contribution in [2.45, 2.75) is 32.9 Å². The second-order valence-corrected chi connectivity index (χ2v) is 6.26. The van der Waals surface area contributed by atoms with Gasteiger partial charge in [0.25, 0.3) is 5.91 Å². The van der Waals surface area contributed by atoms with Crippen LogP contribution in [-0.2, 0) is 11.3 Å². The highest BCUT2D eigenvalue weighted by atomic mass is 16.7. The predicted octanol–water partition coefficient (Wildman–Crippen LogP) is 3.93. The third kappa shape index (κ3) is 5.76. The van der Waals surface area contributed by atoms with Crippen molar-refractivity contribution in [2.24, 2.45) is 0 Å². The van der Waals surface area contributed by atoms with Gasteiger partial charge < -0.3 is 14.8 Å². The van der Waals surface area contributed by atoms with E-state index in [0.717, 1.165) is 5.56 Å². The molecule has 0 spiro atoms. The molecule has 2 aromatic rings. The highest BCUT2D eigenvalue weighted by molar-refractivity contribution is 5.94. The lowest BCUT2D eigenvalue weighted by atomic mass is 10.2. The maximum Gasteiger partial charge on any atom is 0.514 e. The predicted molar refractivity (Wildman–Crippen MR) is 90.9 cm³/mol. The molecule has 5 heteroatoms. The van der Waals surface area contributed by atoms with Crippen LogP contribution in [0.1, 0.15) is 36.7 Å². The first kappa shape index (κ1) is 17.5. The van der Waals surface area contributed by atoms with Gasteiger partial charge in [0.15, 0.2) is 0 Å². The lowest BCUT2D eigenvalue weighted by Gasteiger charge is -2.18. The minimum atomic E-state index is -0.802. The summed E-state index contributed by atoms with van der Waals surface area (Å²) in [7, 11) is 0. The van der Waals surface area contributed by atoms with Crippen LogP contribution in [0.15, 0.2) is 54.6 Å². The van der Waals surface area contributed by atoms with Gasteiger partial charge in [0.2, 0.25) is 0 Å². The highest BCUT2D eigenvalue weighted by Gasteiger charge is 2.18. The molecule has 1 N–H and O–H groups in total. The Labute approximate surface area is 141 Å². The number of ether oxygens (including phenoxy) is 2. The maximum absolute atomic E-state index is 12.2. The number of hydrogen-bond acceptors (Lipinski definition) is 4. The SMILES string of the molecule is CC(C)(C)OC(=O)Oc1cccc(C(=O)NCc2ccccc2)c1. The Kier molecular flexibility index (Phi) is 5.58. The number of carbonyl (C=O) groups excluding carboxylic acids is 2. The van der Waals surface area contributed by atoms with Crippen LogP contribution in [0.4, 0.5) is 4.79 Å². The molecule has 0 unspecified atom stereocenters. The number of carbonyl (C=O) groups is 2. The molecule has 0 heterocycles. The van der Waals surface area contributed by atoms with E-state index in [0.29, 0.717) is 12.1 Å². The average Bonchev–Trinajstić information content (AvgIpc) is 2.52. The number of hydrogen-bond donors (Lipinski definition) is 1. The van der Waals surface area contributed by atoms with Gasteiger partial charge in [0.05, 0.1) is 0 Å². The molecular weight excluding hydrogens is 306 g/mol. The first-order chi connectivity index (χ1) is 11.3. The van der Waals surface area contributed by atoms with Crippen molar-refractivity contribution in [1.82, 2.24) is 5.32 Å². The van der Waals surface area contributed by atoms with Gasteiger partial charge in [-0.25, -0.2) is 4.79 Å². The summed E-state index contributed by atoms with van der Waals surface area (Å²) >= 11 is 0. The first-order valence-corrected chi connectivity index (χ1v) is 7.66. The van der Waals surface area contributed by atoms with Crippen LogP contribution < -0.4 is 10.1 Å². The van der Waals surface area contributed by atoms with E-state index in [1.807, 2.05) is 30.3 Å². The second-order valence-electron chi connectivity index (χ2n) is 6.26. The summed E-state index contributed by atoms with van der Waals surface area (Å²) in [5, 5.41) is 2.82. The molecule has 2 aromatic carbocycles. The number of benzene rings is 2. The molecule has 126 valence electrons. The lowest BCUT2D eigenvalue weighted by Crippen LogP contribution is -2.26. The average molecular weight is 327 g/mol. The van der Waals surface area contributed by atoms with Crippen LogP contribution >= 0.6 is 0 Å². The summed E-state index contributed by atoms with van der Waals surface area (Å²) in [6.45, 7) is 5.68. The van der Waals surface area contributed by atoms with Gasteiger partial charge in [0, 0.05) is 12.1 Å². The zero-order valence-electron chi connectivity index (χ0n) is 14.0. The van der Waals surface area contributed by atoms with Crippen molar-refractivity contribution in [3.63, 3.8) is 0 Å². The molecule has 0 atom stereocenters. The fourth-order valence-corrected chi connectivity index (χ4v) is 1.95. The Bertz CT molecular complexity index is 705. The summed E-state index contributed by atoms with van der Waals surface area (Å²) in [6.07, 6.45) is -0.802. The number of amides is 1. The topological polar surface area (TPSA) is 64.6 Å². The first-order valence-electron chi connectivity index (χ1n) is 7.66. The van der Waals surface area contributed by atoms with Crippen LogP contribution in [-0.4, -0.2) is 17.7 Å². The molecule has 0 aliphatic rings. The molecular formula is C19H21NO4. The molecule has 0 saturated heterocycles.